The monoisotopic (exact) mass is 189 g/mol. The van der Waals surface area contributed by atoms with Crippen LogP contribution in [0.3, 0.4) is 0 Å². The average molecular weight is 189 g/mol. The second-order valence-electron chi connectivity index (χ2n) is 2.42. The van der Waals surface area contributed by atoms with Crippen molar-refractivity contribution in [1.29, 1.82) is 0 Å². The molecule has 0 saturated carbocycles. The smallest absolute Gasteiger partial charge is 0.314 e. The predicted molar refractivity (Wildman–Crippen MR) is 49.0 cm³/mol. The van der Waals surface area contributed by atoms with Crippen molar-refractivity contribution >= 4 is 6.03 Å². The van der Waals surface area contributed by atoms with Gasteiger partial charge in [-0.25, -0.2) is 4.79 Å². The van der Waals surface area contributed by atoms with Gasteiger partial charge in [-0.1, -0.05) is 0 Å². The number of hydrogen-bond donors (Lipinski definition) is 1. The fourth-order valence-corrected chi connectivity index (χ4v) is 0.814. The molecule has 5 heteroatoms. The zero-order valence-corrected chi connectivity index (χ0v) is 8.16. The van der Waals surface area contributed by atoms with E-state index in [1.54, 1.807) is 20.6 Å². The van der Waals surface area contributed by atoms with E-state index < -0.39 is 6.03 Å². The lowest BCUT2D eigenvalue weighted by atomic mass is 10.5. The summed E-state index contributed by atoms with van der Waals surface area (Å²) in [6.07, 6.45) is 0. The molecule has 13 heavy (non-hydrogen) atoms. The van der Waals surface area contributed by atoms with Gasteiger partial charge >= 0.3 is 6.03 Å². The highest BCUT2D eigenvalue weighted by molar-refractivity contribution is 5.71. The molecule has 0 spiro atoms. The maximum atomic E-state index is 10.8. The summed E-state index contributed by atoms with van der Waals surface area (Å²) in [5.74, 6) is 0. The number of carbonyl (C=O) groups is 1. The van der Waals surface area contributed by atoms with Crippen LogP contribution in [0.5, 0.6) is 0 Å². The van der Waals surface area contributed by atoms with E-state index in [9.17, 15) is 4.79 Å². The molecule has 0 aliphatic carbocycles. The first-order valence-corrected chi connectivity index (χ1v) is 4.15. The fourth-order valence-electron chi connectivity index (χ4n) is 0.814. The number of hydrogen-bond acceptors (Lipinski definition) is 3. The van der Waals surface area contributed by atoms with Crippen LogP contribution in [0, 0.1) is 6.61 Å². The number of urea groups is 1. The van der Waals surface area contributed by atoms with Gasteiger partial charge in [0.1, 0.15) is 0 Å². The van der Waals surface area contributed by atoms with Gasteiger partial charge in [0.05, 0.1) is 19.8 Å². The minimum Gasteiger partial charge on any atom is -0.383 e. The van der Waals surface area contributed by atoms with Gasteiger partial charge in [0, 0.05) is 20.2 Å². The molecule has 5 nitrogen and oxygen atoms in total. The lowest BCUT2D eigenvalue weighted by molar-refractivity contribution is 0.128. The number of nitrogens with zero attached hydrogens (tertiary/aromatic N) is 1. The second kappa shape index (κ2) is 7.82. The molecule has 1 radical (unpaired) electrons. The van der Waals surface area contributed by atoms with E-state index in [-0.39, 0.29) is 0 Å². The molecule has 0 aromatic rings. The minimum absolute atomic E-state index is 0.447. The number of carbonyl (C=O) groups excluding carboxylic acids is 1. The summed E-state index contributed by atoms with van der Waals surface area (Å²) >= 11 is 0. The number of amides is 2. The Morgan fingerprint density at radius 3 is 2.54 bits per heavy atom. The van der Waals surface area contributed by atoms with Crippen molar-refractivity contribution in [3.05, 3.63) is 6.61 Å². The first kappa shape index (κ1) is 12.2. The van der Waals surface area contributed by atoms with Crippen LogP contribution in [-0.2, 0) is 9.47 Å². The standard InChI is InChI=1S/C8H17N2O3/c1-3-13-7-5-10(8(9)11)4-6-12-2/h3H,4-7H2,1-2H3,(H2,9,11). The first-order valence-electron chi connectivity index (χ1n) is 4.15. The highest BCUT2D eigenvalue weighted by Gasteiger charge is 2.07. The average Bonchev–Trinajstić information content (AvgIpc) is 2.10. The number of methoxy groups -OCH3 is 1. The Morgan fingerprint density at radius 1 is 1.46 bits per heavy atom. The molecule has 0 aromatic carbocycles. The van der Waals surface area contributed by atoms with Gasteiger partial charge in [-0.3, -0.25) is 0 Å². The molecule has 0 heterocycles. The molecule has 0 bridgehead atoms. The van der Waals surface area contributed by atoms with E-state index in [2.05, 4.69) is 0 Å². The molecule has 2 amide bonds. The summed E-state index contributed by atoms with van der Waals surface area (Å²) in [6.45, 7) is 5.29. The molecule has 0 fully saturated rings. The van der Waals surface area contributed by atoms with Crippen molar-refractivity contribution in [2.45, 2.75) is 6.92 Å². The van der Waals surface area contributed by atoms with Crippen molar-refractivity contribution in [2.24, 2.45) is 5.73 Å². The quantitative estimate of drug-likeness (QED) is 0.582. The van der Waals surface area contributed by atoms with E-state index in [4.69, 9.17) is 15.2 Å². The highest BCUT2D eigenvalue weighted by atomic mass is 16.5. The molecule has 2 N–H and O–H groups in total. The van der Waals surface area contributed by atoms with Crippen molar-refractivity contribution in [3.8, 4) is 0 Å². The van der Waals surface area contributed by atoms with E-state index in [1.807, 2.05) is 0 Å². The Morgan fingerprint density at radius 2 is 2.08 bits per heavy atom. The fraction of sp³-hybridized carbons (Fsp3) is 0.750. The van der Waals surface area contributed by atoms with Crippen LogP contribution in [0.1, 0.15) is 6.92 Å². The van der Waals surface area contributed by atoms with E-state index in [1.165, 1.54) is 4.90 Å². The van der Waals surface area contributed by atoms with E-state index in [0.29, 0.717) is 26.3 Å². The Kier molecular flexibility index (Phi) is 7.33. The van der Waals surface area contributed by atoms with E-state index in [0.717, 1.165) is 0 Å². The Balaban J connectivity index is 3.61. The van der Waals surface area contributed by atoms with Crippen molar-refractivity contribution in [1.82, 2.24) is 4.90 Å². The topological polar surface area (TPSA) is 64.8 Å². The normalized spacial score (nSPS) is 10.0. The summed E-state index contributed by atoms with van der Waals surface area (Å²) in [7, 11) is 1.58. The lowest BCUT2D eigenvalue weighted by Gasteiger charge is -2.19. The van der Waals surface area contributed by atoms with Gasteiger partial charge in [-0.2, -0.15) is 0 Å². The molecule has 77 valence electrons. The third-order valence-corrected chi connectivity index (χ3v) is 1.52. The molecule has 0 saturated heterocycles. The Bertz CT molecular complexity index is 141. The summed E-state index contributed by atoms with van der Waals surface area (Å²) < 4.78 is 9.81. The van der Waals surface area contributed by atoms with Crippen molar-refractivity contribution in [3.63, 3.8) is 0 Å². The van der Waals surface area contributed by atoms with E-state index >= 15 is 0 Å². The third-order valence-electron chi connectivity index (χ3n) is 1.52. The third kappa shape index (κ3) is 6.36. The Labute approximate surface area is 78.8 Å². The lowest BCUT2D eigenvalue weighted by Crippen LogP contribution is -2.40. The Hall–Kier alpha value is -0.810. The van der Waals surface area contributed by atoms with Gasteiger partial charge in [-0.05, 0) is 6.92 Å². The van der Waals surface area contributed by atoms with Crippen LogP contribution in [0.15, 0.2) is 0 Å². The molecular formula is C8H17N2O3. The highest BCUT2D eigenvalue weighted by Crippen LogP contribution is 1.89. The predicted octanol–water partition coefficient (Wildman–Crippen LogP) is 0.212. The van der Waals surface area contributed by atoms with Gasteiger partial charge < -0.3 is 20.1 Å². The number of primary amides is 1. The zero-order valence-electron chi connectivity index (χ0n) is 8.16. The largest absolute Gasteiger partial charge is 0.383 e. The summed E-state index contributed by atoms with van der Waals surface area (Å²) in [6, 6.07) is -0.447. The van der Waals surface area contributed by atoms with Gasteiger partial charge in [-0.15, -0.1) is 0 Å². The second-order valence-corrected chi connectivity index (χ2v) is 2.42. The van der Waals surface area contributed by atoms with Gasteiger partial charge in [0.15, 0.2) is 0 Å². The van der Waals surface area contributed by atoms with Crippen LogP contribution in [0.2, 0.25) is 0 Å². The summed E-state index contributed by atoms with van der Waals surface area (Å²) in [5, 5.41) is 0. The summed E-state index contributed by atoms with van der Waals surface area (Å²) in [4.78, 5) is 12.3. The molecule has 0 aliphatic rings. The SMILES string of the molecule is C[CH]OCCN(CCOC)C(N)=O. The van der Waals surface area contributed by atoms with Crippen molar-refractivity contribution in [2.75, 3.05) is 33.4 Å². The molecule has 0 unspecified atom stereocenters. The first-order chi connectivity index (χ1) is 6.22. The van der Waals surface area contributed by atoms with Crippen LogP contribution < -0.4 is 5.73 Å². The van der Waals surface area contributed by atoms with Crippen LogP contribution in [-0.4, -0.2) is 44.3 Å². The van der Waals surface area contributed by atoms with Gasteiger partial charge in [0.2, 0.25) is 0 Å². The molecule has 0 atom stereocenters. The van der Waals surface area contributed by atoms with Crippen LogP contribution in [0.4, 0.5) is 4.79 Å². The molecular weight excluding hydrogens is 172 g/mol. The summed E-state index contributed by atoms with van der Waals surface area (Å²) in [5.41, 5.74) is 5.13. The minimum atomic E-state index is -0.447. The van der Waals surface area contributed by atoms with Crippen molar-refractivity contribution < 1.29 is 14.3 Å². The molecule has 0 aliphatic heterocycles. The molecule has 0 aromatic heterocycles. The van der Waals surface area contributed by atoms with Crippen LogP contribution >= 0.6 is 0 Å². The van der Waals surface area contributed by atoms with Gasteiger partial charge in [0.25, 0.3) is 0 Å². The number of nitrogens with two attached hydrogens (primary N) is 1. The maximum absolute atomic E-state index is 10.8. The zero-order chi connectivity index (χ0) is 10.1. The number of rotatable bonds is 7. The molecule has 0 rings (SSSR count). The van der Waals surface area contributed by atoms with Crippen LogP contribution in [0.25, 0.3) is 0 Å². The maximum Gasteiger partial charge on any atom is 0.314 e. The number of ether oxygens (including phenoxy) is 2.